The van der Waals surface area contributed by atoms with Gasteiger partial charge in [0.15, 0.2) is 0 Å². The molecule has 3 rings (SSSR count). The fraction of sp³-hybridized carbons (Fsp3) is 0.526. The van der Waals surface area contributed by atoms with Crippen molar-refractivity contribution in [1.29, 1.82) is 0 Å². The van der Waals surface area contributed by atoms with E-state index in [1.165, 1.54) is 19.3 Å². The minimum atomic E-state index is -0.0792. The summed E-state index contributed by atoms with van der Waals surface area (Å²) in [5, 5.41) is 3.12. The first-order valence-electron chi connectivity index (χ1n) is 8.73. The third-order valence-electron chi connectivity index (χ3n) is 5.01. The number of nitrogens with one attached hydrogen (secondary N) is 1. The molecular formula is C19H26N2O3. The molecule has 0 saturated heterocycles. The predicted octanol–water partition coefficient (Wildman–Crippen LogP) is 2.49. The molecule has 1 aliphatic carbocycles. The molecule has 0 aromatic heterocycles. The molecule has 0 radical (unpaired) electrons. The first-order chi connectivity index (χ1) is 11.7. The van der Waals surface area contributed by atoms with Gasteiger partial charge in [0.1, 0.15) is 18.1 Å². The standard InChI is InChI=1S/C19H26N2O3/c1-23-16-7-8-18-14(10-16)9-15(12-24-18)19(22)21-17(11-20)13-5-3-2-4-6-13/h7-10,13,17H,2-6,11-12,20H2,1H3,(H,21,22). The summed E-state index contributed by atoms with van der Waals surface area (Å²) in [7, 11) is 1.62. The summed E-state index contributed by atoms with van der Waals surface area (Å²) in [6.45, 7) is 0.766. The molecule has 2 aliphatic rings. The lowest BCUT2D eigenvalue weighted by Crippen LogP contribution is -2.47. The Morgan fingerprint density at radius 1 is 1.38 bits per heavy atom. The molecule has 1 fully saturated rings. The van der Waals surface area contributed by atoms with E-state index in [0.29, 0.717) is 18.0 Å². The number of methoxy groups -OCH3 is 1. The van der Waals surface area contributed by atoms with Crippen LogP contribution in [-0.2, 0) is 4.79 Å². The highest BCUT2D eigenvalue weighted by molar-refractivity contribution is 5.99. The van der Waals surface area contributed by atoms with Crippen molar-refractivity contribution in [1.82, 2.24) is 5.32 Å². The fourth-order valence-electron chi connectivity index (χ4n) is 3.58. The minimum absolute atomic E-state index is 0.0467. The number of carbonyl (C=O) groups excluding carboxylic acids is 1. The summed E-state index contributed by atoms with van der Waals surface area (Å²) >= 11 is 0. The molecule has 3 N–H and O–H groups in total. The highest BCUT2D eigenvalue weighted by atomic mass is 16.5. The Bertz CT molecular complexity index is 621. The molecule has 0 bridgehead atoms. The first kappa shape index (κ1) is 16.8. The molecular weight excluding hydrogens is 304 g/mol. The molecule has 1 saturated carbocycles. The van der Waals surface area contributed by atoms with Crippen molar-refractivity contribution in [2.45, 2.75) is 38.1 Å². The second-order valence-electron chi connectivity index (χ2n) is 6.58. The van der Waals surface area contributed by atoms with Crippen LogP contribution in [0.25, 0.3) is 6.08 Å². The van der Waals surface area contributed by atoms with Crippen molar-refractivity contribution >= 4 is 12.0 Å². The average molecular weight is 330 g/mol. The number of amides is 1. The van der Waals surface area contributed by atoms with Gasteiger partial charge in [0.05, 0.1) is 12.7 Å². The van der Waals surface area contributed by atoms with Gasteiger partial charge < -0.3 is 20.5 Å². The third kappa shape index (κ3) is 3.73. The molecule has 1 unspecified atom stereocenters. The normalized spacial score (nSPS) is 18.8. The molecule has 1 heterocycles. The van der Waals surface area contributed by atoms with Gasteiger partial charge in [-0.3, -0.25) is 4.79 Å². The molecule has 1 amide bonds. The Morgan fingerprint density at radius 2 is 2.17 bits per heavy atom. The van der Waals surface area contributed by atoms with E-state index in [1.807, 2.05) is 24.3 Å². The lowest BCUT2D eigenvalue weighted by atomic mass is 9.84. The fourth-order valence-corrected chi connectivity index (χ4v) is 3.58. The summed E-state index contributed by atoms with van der Waals surface area (Å²) in [5.41, 5.74) is 7.41. The van der Waals surface area contributed by atoms with Gasteiger partial charge in [0, 0.05) is 18.2 Å². The largest absolute Gasteiger partial charge is 0.497 e. The maximum Gasteiger partial charge on any atom is 0.250 e. The van der Waals surface area contributed by atoms with Gasteiger partial charge in [-0.15, -0.1) is 0 Å². The van der Waals surface area contributed by atoms with E-state index < -0.39 is 0 Å². The van der Waals surface area contributed by atoms with Gasteiger partial charge >= 0.3 is 0 Å². The van der Waals surface area contributed by atoms with Crippen molar-refractivity contribution in [3.63, 3.8) is 0 Å². The lowest BCUT2D eigenvalue weighted by Gasteiger charge is -2.30. The van der Waals surface area contributed by atoms with Crippen LogP contribution in [0.15, 0.2) is 23.8 Å². The maximum absolute atomic E-state index is 12.6. The minimum Gasteiger partial charge on any atom is -0.497 e. The van der Waals surface area contributed by atoms with Crippen LogP contribution in [0.1, 0.15) is 37.7 Å². The van der Waals surface area contributed by atoms with E-state index in [9.17, 15) is 4.79 Å². The second-order valence-corrected chi connectivity index (χ2v) is 6.58. The SMILES string of the molecule is COc1ccc2c(c1)C=C(C(=O)NC(CN)C1CCCCC1)CO2. The Kier molecular flexibility index (Phi) is 5.41. The Balaban J connectivity index is 1.70. The van der Waals surface area contributed by atoms with Crippen LogP contribution in [0.3, 0.4) is 0 Å². The van der Waals surface area contributed by atoms with Gasteiger partial charge in [-0.25, -0.2) is 0 Å². The molecule has 130 valence electrons. The number of fused-ring (bicyclic) bond motifs is 1. The molecule has 1 atom stereocenters. The lowest BCUT2D eigenvalue weighted by molar-refractivity contribution is -0.118. The number of benzene rings is 1. The number of nitrogens with two attached hydrogens (primary N) is 1. The number of carbonyl (C=O) groups is 1. The van der Waals surface area contributed by atoms with Crippen molar-refractivity contribution in [3.05, 3.63) is 29.3 Å². The number of hydrogen-bond donors (Lipinski definition) is 2. The summed E-state index contributed by atoms with van der Waals surface area (Å²) in [6.07, 6.45) is 7.94. The predicted molar refractivity (Wildman–Crippen MR) is 94.0 cm³/mol. The maximum atomic E-state index is 12.6. The number of rotatable bonds is 5. The van der Waals surface area contributed by atoms with Crippen LogP contribution in [0, 0.1) is 5.92 Å². The van der Waals surface area contributed by atoms with Crippen LogP contribution >= 0.6 is 0 Å². The summed E-state index contributed by atoms with van der Waals surface area (Å²) in [4.78, 5) is 12.6. The molecule has 24 heavy (non-hydrogen) atoms. The van der Waals surface area contributed by atoms with Gasteiger partial charge in [0.25, 0.3) is 5.91 Å². The van der Waals surface area contributed by atoms with E-state index in [0.717, 1.165) is 29.9 Å². The van der Waals surface area contributed by atoms with Gasteiger partial charge in [-0.1, -0.05) is 19.3 Å². The van der Waals surface area contributed by atoms with Gasteiger partial charge in [-0.05, 0) is 43.0 Å². The quantitative estimate of drug-likeness (QED) is 0.870. The summed E-state index contributed by atoms with van der Waals surface area (Å²) in [6, 6.07) is 5.64. The molecule has 1 aliphatic heterocycles. The zero-order valence-electron chi connectivity index (χ0n) is 14.2. The van der Waals surface area contributed by atoms with Crippen LogP contribution in [-0.4, -0.2) is 32.2 Å². The number of hydrogen-bond acceptors (Lipinski definition) is 4. The molecule has 5 heteroatoms. The zero-order chi connectivity index (χ0) is 16.9. The van der Waals surface area contributed by atoms with E-state index in [1.54, 1.807) is 7.11 Å². The van der Waals surface area contributed by atoms with Crippen LogP contribution in [0.2, 0.25) is 0 Å². The Hall–Kier alpha value is -2.01. The summed E-state index contributed by atoms with van der Waals surface area (Å²) in [5.74, 6) is 1.93. The van der Waals surface area contributed by atoms with Crippen molar-refractivity contribution in [2.75, 3.05) is 20.3 Å². The van der Waals surface area contributed by atoms with Crippen molar-refractivity contribution < 1.29 is 14.3 Å². The van der Waals surface area contributed by atoms with E-state index in [4.69, 9.17) is 15.2 Å². The smallest absolute Gasteiger partial charge is 0.250 e. The van der Waals surface area contributed by atoms with Crippen LogP contribution in [0.5, 0.6) is 11.5 Å². The Morgan fingerprint density at radius 3 is 2.88 bits per heavy atom. The highest BCUT2D eigenvalue weighted by Gasteiger charge is 2.26. The van der Waals surface area contributed by atoms with Crippen LogP contribution in [0.4, 0.5) is 0 Å². The second kappa shape index (κ2) is 7.71. The van der Waals surface area contributed by atoms with Gasteiger partial charge in [0.2, 0.25) is 0 Å². The van der Waals surface area contributed by atoms with Gasteiger partial charge in [-0.2, -0.15) is 0 Å². The van der Waals surface area contributed by atoms with Crippen molar-refractivity contribution in [3.8, 4) is 11.5 Å². The Labute approximate surface area is 143 Å². The molecule has 1 aromatic rings. The topological polar surface area (TPSA) is 73.6 Å². The van der Waals surface area contributed by atoms with E-state index in [-0.39, 0.29) is 18.6 Å². The molecule has 1 aromatic carbocycles. The molecule has 5 nitrogen and oxygen atoms in total. The third-order valence-corrected chi connectivity index (χ3v) is 5.01. The first-order valence-corrected chi connectivity index (χ1v) is 8.73. The highest BCUT2D eigenvalue weighted by Crippen LogP contribution is 2.30. The summed E-state index contributed by atoms with van der Waals surface area (Å²) < 4.78 is 10.9. The van der Waals surface area contributed by atoms with Crippen LogP contribution < -0.4 is 20.5 Å². The van der Waals surface area contributed by atoms with E-state index in [2.05, 4.69) is 5.32 Å². The van der Waals surface area contributed by atoms with E-state index >= 15 is 0 Å². The average Bonchev–Trinajstić information content (AvgIpc) is 2.65. The monoisotopic (exact) mass is 330 g/mol. The molecule has 0 spiro atoms. The van der Waals surface area contributed by atoms with Crippen molar-refractivity contribution in [2.24, 2.45) is 11.7 Å². The number of ether oxygens (including phenoxy) is 2. The zero-order valence-corrected chi connectivity index (χ0v) is 14.2.